The van der Waals surface area contributed by atoms with Crippen molar-refractivity contribution >= 4 is 29.2 Å². The molecule has 28 heavy (non-hydrogen) atoms. The monoisotopic (exact) mass is 380 g/mol. The molecule has 146 valence electrons. The summed E-state index contributed by atoms with van der Waals surface area (Å²) in [6.45, 7) is 1.00. The number of rotatable bonds is 4. The molecule has 7 nitrogen and oxygen atoms in total. The summed E-state index contributed by atoms with van der Waals surface area (Å²) in [5.41, 5.74) is 1.89. The molecule has 1 aliphatic heterocycles. The number of amides is 4. The molecule has 0 aliphatic carbocycles. The van der Waals surface area contributed by atoms with Crippen molar-refractivity contribution in [3.05, 3.63) is 60.2 Å². The fourth-order valence-electron chi connectivity index (χ4n) is 3.19. The van der Waals surface area contributed by atoms with Crippen LogP contribution in [0.2, 0.25) is 0 Å². The molecule has 2 aromatic rings. The number of nitrogens with one attached hydrogen (secondary N) is 3. The van der Waals surface area contributed by atoms with Crippen LogP contribution in [0.3, 0.4) is 0 Å². The van der Waals surface area contributed by atoms with Crippen LogP contribution in [0.4, 0.5) is 16.2 Å². The third-order valence-corrected chi connectivity index (χ3v) is 4.75. The minimum atomic E-state index is -0.270. The number of carbonyl (C=O) groups is 3. The molecular weight excluding hydrogens is 356 g/mol. The molecule has 1 aliphatic rings. The Kier molecular flexibility index (Phi) is 6.26. The fourth-order valence-corrected chi connectivity index (χ4v) is 3.19. The minimum Gasteiger partial charge on any atom is -0.355 e. The van der Waals surface area contributed by atoms with Gasteiger partial charge in [0.05, 0.1) is 5.92 Å². The van der Waals surface area contributed by atoms with E-state index in [1.807, 2.05) is 30.3 Å². The summed E-state index contributed by atoms with van der Waals surface area (Å²) in [4.78, 5) is 38.3. The van der Waals surface area contributed by atoms with Crippen molar-refractivity contribution in [3.63, 3.8) is 0 Å². The van der Waals surface area contributed by atoms with Crippen molar-refractivity contribution in [1.82, 2.24) is 10.2 Å². The average molecular weight is 380 g/mol. The summed E-state index contributed by atoms with van der Waals surface area (Å²) in [5, 5.41) is 8.29. The molecule has 2 aromatic carbocycles. The molecule has 3 N–H and O–H groups in total. The third kappa shape index (κ3) is 4.88. The van der Waals surface area contributed by atoms with Crippen LogP contribution in [0, 0.1) is 5.92 Å². The average Bonchev–Trinajstić information content (AvgIpc) is 2.74. The van der Waals surface area contributed by atoms with E-state index < -0.39 is 0 Å². The van der Waals surface area contributed by atoms with Crippen LogP contribution < -0.4 is 16.0 Å². The molecule has 0 radical (unpaired) electrons. The van der Waals surface area contributed by atoms with Crippen molar-refractivity contribution in [3.8, 4) is 0 Å². The van der Waals surface area contributed by atoms with Gasteiger partial charge in [0.15, 0.2) is 0 Å². The maximum absolute atomic E-state index is 12.6. The molecule has 1 heterocycles. The highest BCUT2D eigenvalue weighted by atomic mass is 16.2. The third-order valence-electron chi connectivity index (χ3n) is 4.75. The lowest BCUT2D eigenvalue weighted by Gasteiger charge is -2.32. The Balaban J connectivity index is 1.56. The quantitative estimate of drug-likeness (QED) is 0.762. The van der Waals surface area contributed by atoms with Gasteiger partial charge >= 0.3 is 6.03 Å². The van der Waals surface area contributed by atoms with Crippen LogP contribution in [-0.2, 0) is 4.79 Å². The van der Waals surface area contributed by atoms with Crippen LogP contribution in [0.15, 0.2) is 54.6 Å². The number of likely N-dealkylation sites (tertiary alicyclic amines) is 1. The highest BCUT2D eigenvalue weighted by Crippen LogP contribution is 2.20. The Hall–Kier alpha value is -3.35. The Morgan fingerprint density at radius 3 is 2.29 bits per heavy atom. The van der Waals surface area contributed by atoms with E-state index in [0.29, 0.717) is 24.3 Å². The maximum atomic E-state index is 12.6. The van der Waals surface area contributed by atoms with E-state index in [-0.39, 0.29) is 23.8 Å². The highest BCUT2D eigenvalue weighted by molar-refractivity contribution is 5.96. The zero-order valence-corrected chi connectivity index (χ0v) is 15.8. The van der Waals surface area contributed by atoms with E-state index in [4.69, 9.17) is 0 Å². The van der Waals surface area contributed by atoms with Gasteiger partial charge < -0.3 is 20.9 Å². The predicted octanol–water partition coefficient (Wildman–Crippen LogP) is 2.93. The molecular formula is C21H24N4O3. The van der Waals surface area contributed by atoms with Gasteiger partial charge in [0.2, 0.25) is 5.91 Å². The molecule has 1 saturated heterocycles. The van der Waals surface area contributed by atoms with E-state index in [1.165, 1.54) is 0 Å². The molecule has 1 fully saturated rings. The van der Waals surface area contributed by atoms with E-state index in [1.54, 1.807) is 36.2 Å². The number of nitrogens with zero attached hydrogens (tertiary/aromatic N) is 1. The topological polar surface area (TPSA) is 90.5 Å². The highest BCUT2D eigenvalue weighted by Gasteiger charge is 2.28. The zero-order chi connectivity index (χ0) is 19.9. The van der Waals surface area contributed by atoms with Gasteiger partial charge in [-0.3, -0.25) is 9.59 Å². The smallest absolute Gasteiger partial charge is 0.321 e. The van der Waals surface area contributed by atoms with Gasteiger partial charge in [-0.05, 0) is 49.2 Å². The van der Waals surface area contributed by atoms with Gasteiger partial charge in [-0.1, -0.05) is 18.2 Å². The van der Waals surface area contributed by atoms with Crippen molar-refractivity contribution in [1.29, 1.82) is 0 Å². The number of anilines is 2. The summed E-state index contributed by atoms with van der Waals surface area (Å²) in [6, 6.07) is 15.8. The lowest BCUT2D eigenvalue weighted by Crippen LogP contribution is -2.45. The Bertz CT molecular complexity index is 836. The molecule has 1 unspecified atom stereocenters. The number of hydrogen-bond acceptors (Lipinski definition) is 3. The lowest BCUT2D eigenvalue weighted by molar-refractivity contribution is -0.121. The van der Waals surface area contributed by atoms with Crippen LogP contribution in [0.25, 0.3) is 0 Å². The van der Waals surface area contributed by atoms with Gasteiger partial charge in [-0.15, -0.1) is 0 Å². The standard InChI is InChI=1S/C21H24N4O3/c1-22-19(26)15-9-11-18(12-10-15)23-20(27)16-6-5-13-25(14-16)21(28)24-17-7-3-2-4-8-17/h2-4,7-12,16H,5-6,13-14H2,1H3,(H,22,26)(H,23,27)(H,24,28). The molecule has 1 atom stereocenters. The van der Waals surface area contributed by atoms with Gasteiger partial charge in [0.1, 0.15) is 0 Å². The number of carbonyl (C=O) groups excluding carboxylic acids is 3. The molecule has 4 amide bonds. The molecule has 0 bridgehead atoms. The Labute approximate surface area is 164 Å². The first-order valence-corrected chi connectivity index (χ1v) is 9.31. The number of para-hydroxylation sites is 1. The summed E-state index contributed by atoms with van der Waals surface area (Å²) in [5.74, 6) is -0.566. The zero-order valence-electron chi connectivity index (χ0n) is 15.8. The Morgan fingerprint density at radius 2 is 1.61 bits per heavy atom. The van der Waals surface area contributed by atoms with E-state index >= 15 is 0 Å². The molecule has 7 heteroatoms. The van der Waals surface area contributed by atoms with Crippen molar-refractivity contribution in [2.24, 2.45) is 5.92 Å². The summed E-state index contributed by atoms with van der Waals surface area (Å²) >= 11 is 0. The van der Waals surface area contributed by atoms with Crippen LogP contribution in [-0.4, -0.2) is 42.9 Å². The maximum Gasteiger partial charge on any atom is 0.321 e. The first kappa shape index (κ1) is 19.4. The minimum absolute atomic E-state index is 0.120. The number of urea groups is 1. The van der Waals surface area contributed by atoms with Crippen molar-refractivity contribution < 1.29 is 14.4 Å². The molecule has 3 rings (SSSR count). The van der Waals surface area contributed by atoms with E-state index in [0.717, 1.165) is 18.5 Å². The first-order chi connectivity index (χ1) is 13.6. The van der Waals surface area contributed by atoms with E-state index in [9.17, 15) is 14.4 Å². The number of benzene rings is 2. The van der Waals surface area contributed by atoms with Crippen LogP contribution >= 0.6 is 0 Å². The number of hydrogen-bond donors (Lipinski definition) is 3. The van der Waals surface area contributed by atoms with Crippen LogP contribution in [0.1, 0.15) is 23.2 Å². The van der Waals surface area contributed by atoms with Crippen LogP contribution in [0.5, 0.6) is 0 Å². The van der Waals surface area contributed by atoms with Crippen molar-refractivity contribution in [2.75, 3.05) is 30.8 Å². The second-order valence-corrected chi connectivity index (χ2v) is 6.73. The number of piperidine rings is 1. The lowest BCUT2D eigenvalue weighted by atomic mass is 9.97. The van der Waals surface area contributed by atoms with Gasteiger partial charge in [-0.25, -0.2) is 4.79 Å². The predicted molar refractivity (Wildman–Crippen MR) is 108 cm³/mol. The van der Waals surface area contributed by atoms with Gasteiger partial charge in [0.25, 0.3) is 5.91 Å². The normalized spacial score (nSPS) is 16.2. The van der Waals surface area contributed by atoms with Gasteiger partial charge in [0, 0.05) is 37.1 Å². The molecule has 0 spiro atoms. The summed E-state index contributed by atoms with van der Waals surface area (Å²) in [6.07, 6.45) is 1.51. The summed E-state index contributed by atoms with van der Waals surface area (Å²) < 4.78 is 0. The van der Waals surface area contributed by atoms with E-state index in [2.05, 4.69) is 16.0 Å². The SMILES string of the molecule is CNC(=O)c1ccc(NC(=O)C2CCCN(C(=O)Nc3ccccc3)C2)cc1. The molecule has 0 aromatic heterocycles. The fraction of sp³-hybridized carbons (Fsp3) is 0.286. The molecule has 0 saturated carbocycles. The van der Waals surface area contributed by atoms with Gasteiger partial charge in [-0.2, -0.15) is 0 Å². The largest absolute Gasteiger partial charge is 0.355 e. The first-order valence-electron chi connectivity index (χ1n) is 9.31. The Morgan fingerprint density at radius 1 is 0.929 bits per heavy atom. The summed E-state index contributed by atoms with van der Waals surface area (Å²) in [7, 11) is 1.57. The van der Waals surface area contributed by atoms with Crippen molar-refractivity contribution in [2.45, 2.75) is 12.8 Å². The second kappa shape index (κ2) is 9.03. The second-order valence-electron chi connectivity index (χ2n) is 6.73.